The highest BCUT2D eigenvalue weighted by atomic mass is 15.3. The number of hydrogen-bond acceptors (Lipinski definition) is 1. The molecule has 0 spiro atoms. The van der Waals surface area contributed by atoms with Crippen molar-refractivity contribution in [2.45, 2.75) is 46.6 Å². The van der Waals surface area contributed by atoms with Crippen LogP contribution in [0.15, 0.2) is 4.99 Å². The maximum absolute atomic E-state index is 5.95. The summed E-state index contributed by atoms with van der Waals surface area (Å²) in [5.41, 5.74) is 5.95. The standard InChI is InChI=1S/C12H25N3/c1-9(2)11-5-7-15(8-6-11)12(13)14-10(3)4/h9-11H,5-8H2,1-4H3,(H2,13,14). The zero-order valence-electron chi connectivity index (χ0n) is 10.5. The van der Waals surface area contributed by atoms with Gasteiger partial charge in [0.05, 0.1) is 0 Å². The first-order valence-corrected chi connectivity index (χ1v) is 6.09. The molecule has 0 bridgehead atoms. The summed E-state index contributed by atoms with van der Waals surface area (Å²) in [5.74, 6) is 2.40. The quantitative estimate of drug-likeness (QED) is 0.561. The van der Waals surface area contributed by atoms with Crippen LogP contribution >= 0.6 is 0 Å². The predicted molar refractivity (Wildman–Crippen MR) is 65.9 cm³/mol. The number of rotatable bonds is 2. The molecule has 0 amide bonds. The maximum atomic E-state index is 5.95. The lowest BCUT2D eigenvalue weighted by Gasteiger charge is -2.34. The van der Waals surface area contributed by atoms with Crippen molar-refractivity contribution < 1.29 is 0 Å². The molecule has 0 aromatic rings. The van der Waals surface area contributed by atoms with Gasteiger partial charge in [-0.2, -0.15) is 0 Å². The molecule has 0 saturated carbocycles. The van der Waals surface area contributed by atoms with Gasteiger partial charge in [0, 0.05) is 19.1 Å². The SMILES string of the molecule is CC(C)N=C(N)N1CCC(C(C)C)CC1. The number of aliphatic imine (C=N–C) groups is 1. The molecule has 0 unspecified atom stereocenters. The van der Waals surface area contributed by atoms with Crippen molar-refractivity contribution in [1.29, 1.82) is 0 Å². The molecule has 3 nitrogen and oxygen atoms in total. The summed E-state index contributed by atoms with van der Waals surface area (Å²) >= 11 is 0. The van der Waals surface area contributed by atoms with Gasteiger partial charge in [-0.05, 0) is 38.5 Å². The summed E-state index contributed by atoms with van der Waals surface area (Å²) in [7, 11) is 0. The number of nitrogens with two attached hydrogens (primary N) is 1. The van der Waals surface area contributed by atoms with Crippen molar-refractivity contribution in [2.24, 2.45) is 22.6 Å². The molecule has 1 fully saturated rings. The van der Waals surface area contributed by atoms with Crippen LogP contribution in [0.1, 0.15) is 40.5 Å². The van der Waals surface area contributed by atoms with E-state index < -0.39 is 0 Å². The number of guanidine groups is 1. The molecule has 1 heterocycles. The zero-order valence-corrected chi connectivity index (χ0v) is 10.5. The Kier molecular flexibility index (Phi) is 4.43. The topological polar surface area (TPSA) is 41.6 Å². The van der Waals surface area contributed by atoms with Crippen LogP contribution in [0, 0.1) is 11.8 Å². The molecule has 0 atom stereocenters. The molecule has 0 aromatic carbocycles. The van der Waals surface area contributed by atoms with E-state index in [1.54, 1.807) is 0 Å². The Balaban J connectivity index is 2.43. The smallest absolute Gasteiger partial charge is 0.191 e. The largest absolute Gasteiger partial charge is 0.370 e. The van der Waals surface area contributed by atoms with Gasteiger partial charge < -0.3 is 10.6 Å². The summed E-state index contributed by atoms with van der Waals surface area (Å²) in [6.07, 6.45) is 2.51. The summed E-state index contributed by atoms with van der Waals surface area (Å²) in [4.78, 5) is 6.61. The second kappa shape index (κ2) is 5.38. The minimum absolute atomic E-state index is 0.299. The van der Waals surface area contributed by atoms with E-state index >= 15 is 0 Å². The van der Waals surface area contributed by atoms with E-state index in [-0.39, 0.29) is 0 Å². The molecule has 0 aromatic heterocycles. The third-order valence-corrected chi connectivity index (χ3v) is 3.20. The molecule has 1 aliphatic rings. The van der Waals surface area contributed by atoms with Gasteiger partial charge in [-0.15, -0.1) is 0 Å². The lowest BCUT2D eigenvalue weighted by atomic mass is 9.87. The Hall–Kier alpha value is -0.730. The van der Waals surface area contributed by atoms with Gasteiger partial charge in [-0.3, -0.25) is 4.99 Å². The maximum Gasteiger partial charge on any atom is 0.191 e. The summed E-state index contributed by atoms with van der Waals surface area (Å²) < 4.78 is 0. The molecule has 15 heavy (non-hydrogen) atoms. The second-order valence-electron chi connectivity index (χ2n) is 5.15. The van der Waals surface area contributed by atoms with Crippen LogP contribution in [0.4, 0.5) is 0 Å². The summed E-state index contributed by atoms with van der Waals surface area (Å²) in [5, 5.41) is 0. The predicted octanol–water partition coefficient (Wildman–Crippen LogP) is 2.08. The molecule has 1 saturated heterocycles. The summed E-state index contributed by atoms with van der Waals surface area (Å²) in [6, 6.07) is 0.299. The second-order valence-corrected chi connectivity index (χ2v) is 5.15. The van der Waals surface area contributed by atoms with Gasteiger partial charge in [0.1, 0.15) is 0 Å². The van der Waals surface area contributed by atoms with Crippen LogP contribution in [-0.4, -0.2) is 30.0 Å². The number of hydrogen-bond donors (Lipinski definition) is 1. The van der Waals surface area contributed by atoms with Gasteiger partial charge >= 0.3 is 0 Å². The van der Waals surface area contributed by atoms with E-state index in [1.165, 1.54) is 12.8 Å². The third kappa shape index (κ3) is 3.73. The van der Waals surface area contributed by atoms with E-state index in [0.29, 0.717) is 6.04 Å². The van der Waals surface area contributed by atoms with Crippen molar-refractivity contribution >= 4 is 5.96 Å². The normalized spacial score (nSPS) is 20.4. The van der Waals surface area contributed by atoms with E-state index in [1.807, 2.05) is 0 Å². The Labute approximate surface area is 93.7 Å². The van der Waals surface area contributed by atoms with Crippen LogP contribution in [0.2, 0.25) is 0 Å². The average Bonchev–Trinajstić information content (AvgIpc) is 2.17. The Morgan fingerprint density at radius 3 is 2.13 bits per heavy atom. The monoisotopic (exact) mass is 211 g/mol. The van der Waals surface area contributed by atoms with E-state index in [0.717, 1.165) is 30.9 Å². The van der Waals surface area contributed by atoms with Crippen molar-refractivity contribution in [3.8, 4) is 0 Å². The van der Waals surface area contributed by atoms with Gasteiger partial charge in [-0.1, -0.05) is 13.8 Å². The highest BCUT2D eigenvalue weighted by Gasteiger charge is 2.22. The molecular weight excluding hydrogens is 186 g/mol. The van der Waals surface area contributed by atoms with Crippen LogP contribution in [-0.2, 0) is 0 Å². The van der Waals surface area contributed by atoms with Crippen LogP contribution in [0.5, 0.6) is 0 Å². The van der Waals surface area contributed by atoms with Gasteiger partial charge in [0.15, 0.2) is 5.96 Å². The fourth-order valence-corrected chi connectivity index (χ4v) is 2.14. The molecular formula is C12H25N3. The number of piperidine rings is 1. The van der Waals surface area contributed by atoms with Crippen LogP contribution < -0.4 is 5.73 Å². The molecule has 88 valence electrons. The molecule has 3 heteroatoms. The average molecular weight is 211 g/mol. The van der Waals surface area contributed by atoms with Gasteiger partial charge in [0.2, 0.25) is 0 Å². The first kappa shape index (κ1) is 12.3. The molecule has 1 aliphatic heterocycles. The van der Waals surface area contributed by atoms with Crippen molar-refractivity contribution in [2.75, 3.05) is 13.1 Å². The number of likely N-dealkylation sites (tertiary alicyclic amines) is 1. The highest BCUT2D eigenvalue weighted by Crippen LogP contribution is 2.24. The van der Waals surface area contributed by atoms with Crippen molar-refractivity contribution in [1.82, 2.24) is 4.90 Å². The van der Waals surface area contributed by atoms with Gasteiger partial charge in [-0.25, -0.2) is 0 Å². The van der Waals surface area contributed by atoms with E-state index in [4.69, 9.17) is 5.73 Å². The number of nitrogens with zero attached hydrogens (tertiary/aromatic N) is 2. The molecule has 0 aliphatic carbocycles. The molecule has 1 rings (SSSR count). The Morgan fingerprint density at radius 2 is 1.73 bits per heavy atom. The lowest BCUT2D eigenvalue weighted by Crippen LogP contribution is -2.44. The fourth-order valence-electron chi connectivity index (χ4n) is 2.14. The lowest BCUT2D eigenvalue weighted by molar-refractivity contribution is 0.218. The first-order chi connectivity index (χ1) is 7.00. The molecule has 0 radical (unpaired) electrons. The van der Waals surface area contributed by atoms with E-state index in [2.05, 4.69) is 37.6 Å². The minimum Gasteiger partial charge on any atom is -0.370 e. The Bertz CT molecular complexity index is 213. The zero-order chi connectivity index (χ0) is 11.4. The highest BCUT2D eigenvalue weighted by molar-refractivity contribution is 5.78. The first-order valence-electron chi connectivity index (χ1n) is 6.09. The third-order valence-electron chi connectivity index (χ3n) is 3.20. The summed E-state index contributed by atoms with van der Waals surface area (Å²) in [6.45, 7) is 10.9. The minimum atomic E-state index is 0.299. The van der Waals surface area contributed by atoms with Gasteiger partial charge in [0.25, 0.3) is 0 Å². The fraction of sp³-hybridized carbons (Fsp3) is 0.917. The van der Waals surface area contributed by atoms with Crippen molar-refractivity contribution in [3.63, 3.8) is 0 Å². The van der Waals surface area contributed by atoms with Crippen molar-refractivity contribution in [3.05, 3.63) is 0 Å². The van der Waals surface area contributed by atoms with Crippen LogP contribution in [0.25, 0.3) is 0 Å². The molecule has 2 N–H and O–H groups in total. The Morgan fingerprint density at radius 1 is 1.20 bits per heavy atom. The van der Waals surface area contributed by atoms with Crippen LogP contribution in [0.3, 0.4) is 0 Å². The van der Waals surface area contributed by atoms with E-state index in [9.17, 15) is 0 Å².